The van der Waals surface area contributed by atoms with Crippen LogP contribution in [0.2, 0.25) is 0 Å². The van der Waals surface area contributed by atoms with Crippen molar-refractivity contribution in [2.75, 3.05) is 0 Å². The summed E-state index contributed by atoms with van der Waals surface area (Å²) in [6.07, 6.45) is 1.79. The van der Waals surface area contributed by atoms with E-state index in [1.54, 1.807) is 6.20 Å². The molecule has 0 saturated carbocycles. The fourth-order valence-corrected chi connectivity index (χ4v) is 2.15. The van der Waals surface area contributed by atoms with Crippen LogP contribution in [0.25, 0.3) is 11.2 Å². The molecule has 0 unspecified atom stereocenters. The molecule has 3 nitrogen and oxygen atoms in total. The number of nitrogens with one attached hydrogen (secondary N) is 1. The molecular weight excluding hydrogens is 274 g/mol. The van der Waals surface area contributed by atoms with Crippen molar-refractivity contribution in [3.63, 3.8) is 0 Å². The van der Waals surface area contributed by atoms with Crippen LogP contribution in [0.5, 0.6) is 0 Å². The molecule has 80 valence electrons. The molecule has 2 aromatic heterocycles. The molecule has 0 spiro atoms. The molecule has 1 N–H and O–H groups in total. The summed E-state index contributed by atoms with van der Waals surface area (Å²) in [4.78, 5) is 7.53. The van der Waals surface area contributed by atoms with Gasteiger partial charge in [0.25, 0.3) is 0 Å². The van der Waals surface area contributed by atoms with E-state index in [0.717, 1.165) is 27.0 Å². The van der Waals surface area contributed by atoms with Gasteiger partial charge in [-0.2, -0.15) is 0 Å². The Morgan fingerprint density at radius 1 is 1.60 bits per heavy atom. The molecule has 0 bridgehead atoms. The highest BCUT2D eigenvalue weighted by molar-refractivity contribution is 9.10. The molecule has 0 amide bonds. The minimum Gasteiger partial charge on any atom is -0.329 e. The van der Waals surface area contributed by atoms with Crippen LogP contribution in [0.15, 0.2) is 16.7 Å². The second-order valence-corrected chi connectivity index (χ2v) is 5.26. The predicted molar refractivity (Wildman–Crippen MR) is 67.5 cm³/mol. The first-order valence-electron chi connectivity index (χ1n) is 4.82. The van der Waals surface area contributed by atoms with Crippen LogP contribution in [0.1, 0.15) is 13.8 Å². The van der Waals surface area contributed by atoms with E-state index in [-0.39, 0.29) is 0 Å². The first-order valence-corrected chi connectivity index (χ1v) is 6.02. The van der Waals surface area contributed by atoms with E-state index < -0.39 is 0 Å². The number of fused-ring (bicyclic) bond motifs is 1. The Kier molecular flexibility index (Phi) is 2.93. The number of pyridine rings is 1. The average molecular weight is 286 g/mol. The van der Waals surface area contributed by atoms with Crippen molar-refractivity contribution in [3.05, 3.63) is 21.5 Å². The summed E-state index contributed by atoms with van der Waals surface area (Å²) in [5, 5.41) is 0. The molecule has 15 heavy (non-hydrogen) atoms. The Balaban J connectivity index is 2.63. The molecular formula is C10H12BrN3S. The lowest BCUT2D eigenvalue weighted by Crippen LogP contribution is -2.04. The molecule has 0 saturated heterocycles. The maximum Gasteiger partial charge on any atom is 0.179 e. The maximum atomic E-state index is 5.27. The SMILES string of the molecule is CC(C)Cn1c(=S)[nH]c2cc(Br)cnc21. The summed E-state index contributed by atoms with van der Waals surface area (Å²) in [6.45, 7) is 5.23. The Morgan fingerprint density at radius 2 is 2.33 bits per heavy atom. The van der Waals surface area contributed by atoms with Crippen molar-refractivity contribution < 1.29 is 0 Å². The molecule has 0 aliphatic carbocycles. The Bertz CT molecular complexity index is 541. The van der Waals surface area contributed by atoms with E-state index in [9.17, 15) is 0 Å². The fraction of sp³-hybridized carbons (Fsp3) is 0.400. The van der Waals surface area contributed by atoms with Gasteiger partial charge in [0.1, 0.15) is 0 Å². The van der Waals surface area contributed by atoms with Crippen LogP contribution in [0.3, 0.4) is 0 Å². The van der Waals surface area contributed by atoms with Crippen LogP contribution in [0.4, 0.5) is 0 Å². The number of aromatic amines is 1. The Labute approximate surface area is 102 Å². The quantitative estimate of drug-likeness (QED) is 0.857. The lowest BCUT2D eigenvalue weighted by atomic mass is 10.2. The standard InChI is InChI=1S/C10H12BrN3S/c1-6(2)5-14-9-8(13-10(14)15)3-7(11)4-12-9/h3-4,6H,5H2,1-2H3,(H,13,15). The highest BCUT2D eigenvalue weighted by atomic mass is 79.9. The van der Waals surface area contributed by atoms with Crippen LogP contribution in [-0.2, 0) is 6.54 Å². The third-order valence-electron chi connectivity index (χ3n) is 2.12. The maximum absolute atomic E-state index is 5.27. The van der Waals surface area contributed by atoms with Gasteiger partial charge in [-0.15, -0.1) is 0 Å². The van der Waals surface area contributed by atoms with Crippen molar-refractivity contribution in [2.45, 2.75) is 20.4 Å². The van der Waals surface area contributed by atoms with Gasteiger partial charge in [0.05, 0.1) is 5.52 Å². The van der Waals surface area contributed by atoms with Gasteiger partial charge in [0.15, 0.2) is 10.4 Å². The van der Waals surface area contributed by atoms with E-state index in [1.165, 1.54) is 0 Å². The van der Waals surface area contributed by atoms with E-state index in [0.29, 0.717) is 5.92 Å². The molecule has 2 rings (SSSR count). The average Bonchev–Trinajstić information content (AvgIpc) is 2.41. The summed E-state index contributed by atoms with van der Waals surface area (Å²) in [5.74, 6) is 0.557. The largest absolute Gasteiger partial charge is 0.329 e. The van der Waals surface area contributed by atoms with Crippen molar-refractivity contribution in [3.8, 4) is 0 Å². The van der Waals surface area contributed by atoms with Crippen molar-refractivity contribution in [1.82, 2.24) is 14.5 Å². The fourth-order valence-electron chi connectivity index (χ4n) is 1.55. The van der Waals surface area contributed by atoms with Gasteiger partial charge >= 0.3 is 0 Å². The van der Waals surface area contributed by atoms with Crippen LogP contribution < -0.4 is 0 Å². The minimum atomic E-state index is 0.557. The van der Waals surface area contributed by atoms with Crippen LogP contribution >= 0.6 is 28.1 Å². The van der Waals surface area contributed by atoms with Crippen LogP contribution in [0, 0.1) is 10.7 Å². The molecule has 2 heterocycles. The van der Waals surface area contributed by atoms with Crippen LogP contribution in [-0.4, -0.2) is 14.5 Å². The lowest BCUT2D eigenvalue weighted by Gasteiger charge is -2.06. The van der Waals surface area contributed by atoms with Crippen molar-refractivity contribution >= 4 is 39.3 Å². The van der Waals surface area contributed by atoms with Gasteiger partial charge in [-0.3, -0.25) is 0 Å². The van der Waals surface area contributed by atoms with Gasteiger partial charge in [0.2, 0.25) is 0 Å². The molecule has 5 heteroatoms. The lowest BCUT2D eigenvalue weighted by molar-refractivity contribution is 0.526. The number of aromatic nitrogens is 3. The Morgan fingerprint density at radius 3 is 3.00 bits per heavy atom. The zero-order valence-electron chi connectivity index (χ0n) is 8.62. The van der Waals surface area contributed by atoms with Crippen molar-refractivity contribution in [1.29, 1.82) is 0 Å². The summed E-state index contributed by atoms with van der Waals surface area (Å²) in [5.41, 5.74) is 1.91. The van der Waals surface area contributed by atoms with Gasteiger partial charge in [-0.1, -0.05) is 13.8 Å². The molecule has 0 aliphatic rings. The van der Waals surface area contributed by atoms with E-state index >= 15 is 0 Å². The van der Waals surface area contributed by atoms with Gasteiger partial charge in [-0.25, -0.2) is 4.98 Å². The normalized spacial score (nSPS) is 11.5. The summed E-state index contributed by atoms with van der Waals surface area (Å²) in [7, 11) is 0. The number of imidazole rings is 1. The van der Waals surface area contributed by atoms with Gasteiger partial charge in [0, 0.05) is 17.2 Å². The van der Waals surface area contributed by atoms with Crippen molar-refractivity contribution in [2.24, 2.45) is 5.92 Å². The van der Waals surface area contributed by atoms with Gasteiger partial charge < -0.3 is 9.55 Å². The monoisotopic (exact) mass is 285 g/mol. The number of halogens is 1. The summed E-state index contributed by atoms with van der Waals surface area (Å²) < 4.78 is 3.74. The number of hydrogen-bond donors (Lipinski definition) is 1. The topological polar surface area (TPSA) is 33.6 Å². The summed E-state index contributed by atoms with van der Waals surface area (Å²) in [6, 6.07) is 2.00. The smallest absolute Gasteiger partial charge is 0.179 e. The van der Waals surface area contributed by atoms with E-state index in [1.807, 2.05) is 10.6 Å². The van der Waals surface area contributed by atoms with E-state index in [4.69, 9.17) is 12.2 Å². The van der Waals surface area contributed by atoms with Gasteiger partial charge in [-0.05, 0) is 40.1 Å². The second kappa shape index (κ2) is 4.06. The predicted octanol–water partition coefficient (Wildman–Crippen LogP) is 3.51. The minimum absolute atomic E-state index is 0.557. The molecule has 0 fully saturated rings. The summed E-state index contributed by atoms with van der Waals surface area (Å²) >= 11 is 8.66. The zero-order chi connectivity index (χ0) is 11.0. The molecule has 0 radical (unpaired) electrons. The second-order valence-electron chi connectivity index (χ2n) is 3.96. The third-order valence-corrected chi connectivity index (χ3v) is 2.88. The van der Waals surface area contributed by atoms with E-state index in [2.05, 4.69) is 39.7 Å². The highest BCUT2D eigenvalue weighted by Gasteiger charge is 2.07. The first-order chi connectivity index (χ1) is 7.08. The first kappa shape index (κ1) is 10.8. The molecule has 2 aromatic rings. The number of hydrogen-bond acceptors (Lipinski definition) is 2. The Hall–Kier alpha value is -0.680. The molecule has 0 aliphatic heterocycles. The highest BCUT2D eigenvalue weighted by Crippen LogP contribution is 2.17. The number of rotatable bonds is 2. The third kappa shape index (κ3) is 2.13. The number of nitrogens with zero attached hydrogens (tertiary/aromatic N) is 2. The molecule has 0 aromatic carbocycles. The number of H-pyrrole nitrogens is 1. The molecule has 0 atom stereocenters. The zero-order valence-corrected chi connectivity index (χ0v) is 11.0.